The maximum absolute atomic E-state index is 5.95. The van der Waals surface area contributed by atoms with Gasteiger partial charge >= 0.3 is 0 Å². The number of benzene rings is 1. The molecule has 0 amide bonds. The molecule has 0 aromatic heterocycles. The van der Waals surface area contributed by atoms with Crippen LogP contribution in [0, 0.1) is 0 Å². The Balaban J connectivity index is 2.09. The van der Waals surface area contributed by atoms with Crippen molar-refractivity contribution in [1.82, 2.24) is 0 Å². The summed E-state index contributed by atoms with van der Waals surface area (Å²) in [7, 11) is -0.875. The number of hydrogen-bond donors (Lipinski definition) is 0. The Kier molecular flexibility index (Phi) is 3.98. The zero-order chi connectivity index (χ0) is 10.5. The van der Waals surface area contributed by atoms with E-state index in [1.807, 2.05) is 0 Å². The van der Waals surface area contributed by atoms with Crippen molar-refractivity contribution in [1.29, 1.82) is 0 Å². The van der Waals surface area contributed by atoms with Gasteiger partial charge in [-0.15, -0.1) is 0 Å². The molecule has 1 nitrogen and oxygen atoms in total. The Labute approximate surface area is 94.1 Å². The first-order chi connectivity index (χ1) is 7.42. The van der Waals surface area contributed by atoms with Gasteiger partial charge in [-0.3, -0.25) is 0 Å². The Hall–Kier alpha value is -0.603. The highest BCUT2D eigenvalue weighted by Crippen LogP contribution is 2.17. The average molecular weight is 220 g/mol. The summed E-state index contributed by atoms with van der Waals surface area (Å²) in [6.45, 7) is 3.31. The molecular weight excluding hydrogens is 200 g/mol. The molecule has 1 aliphatic rings. The third-order valence-corrected chi connectivity index (χ3v) is 6.88. The fourth-order valence-corrected chi connectivity index (χ4v) is 5.65. The van der Waals surface area contributed by atoms with Crippen LogP contribution in [0.4, 0.5) is 0 Å². The molecule has 1 heterocycles. The third kappa shape index (κ3) is 2.70. The number of rotatable bonds is 3. The summed E-state index contributed by atoms with van der Waals surface area (Å²) in [5.74, 6) is 0. The lowest BCUT2D eigenvalue weighted by Crippen LogP contribution is -2.44. The molecule has 1 fully saturated rings. The molecule has 0 N–H and O–H groups in total. The van der Waals surface area contributed by atoms with Crippen LogP contribution in [0.15, 0.2) is 30.3 Å². The van der Waals surface area contributed by atoms with Gasteiger partial charge in [0.25, 0.3) is 0 Å². The largest absolute Gasteiger partial charge is 0.382 e. The van der Waals surface area contributed by atoms with Crippen molar-refractivity contribution in [2.45, 2.75) is 38.0 Å². The van der Waals surface area contributed by atoms with Crippen molar-refractivity contribution in [3.8, 4) is 0 Å². The molecule has 2 rings (SSSR count). The molecule has 0 bridgehead atoms. The lowest BCUT2D eigenvalue weighted by molar-refractivity contribution is 0.0633. The number of hydrogen-bond acceptors (Lipinski definition) is 1. The second kappa shape index (κ2) is 5.47. The van der Waals surface area contributed by atoms with Crippen molar-refractivity contribution >= 4 is 14.0 Å². The van der Waals surface area contributed by atoms with Gasteiger partial charge in [0, 0.05) is 6.61 Å². The second-order valence-electron chi connectivity index (χ2n) is 4.33. The second-order valence-corrected chi connectivity index (χ2v) is 7.77. The summed E-state index contributed by atoms with van der Waals surface area (Å²) in [5.41, 5.74) is 0.589. The minimum absolute atomic E-state index is 0.589. The minimum Gasteiger partial charge on any atom is -0.382 e. The van der Waals surface area contributed by atoms with Crippen LogP contribution in [-0.4, -0.2) is 21.1 Å². The molecule has 1 aromatic rings. The van der Waals surface area contributed by atoms with E-state index in [1.165, 1.54) is 25.3 Å². The first-order valence-corrected chi connectivity index (χ1v) is 8.14. The van der Waals surface area contributed by atoms with Crippen LogP contribution in [0.5, 0.6) is 0 Å². The molecule has 0 spiro atoms. The molecule has 0 aliphatic carbocycles. The summed E-state index contributed by atoms with van der Waals surface area (Å²) in [5, 5.41) is 1.58. The summed E-state index contributed by atoms with van der Waals surface area (Å²) >= 11 is 0. The van der Waals surface area contributed by atoms with Crippen LogP contribution < -0.4 is 5.19 Å². The Morgan fingerprint density at radius 1 is 1.27 bits per heavy atom. The number of ether oxygens (including phenoxy) is 1. The summed E-state index contributed by atoms with van der Waals surface area (Å²) in [6, 6.07) is 12.3. The van der Waals surface area contributed by atoms with Gasteiger partial charge < -0.3 is 4.74 Å². The normalized spacial score (nSPS) is 23.7. The molecular formula is C13H20OSi. The molecule has 15 heavy (non-hydrogen) atoms. The van der Waals surface area contributed by atoms with Crippen LogP contribution in [0.2, 0.25) is 6.04 Å². The third-order valence-electron chi connectivity index (χ3n) is 3.33. The predicted molar refractivity (Wildman–Crippen MR) is 67.3 cm³/mol. The highest BCUT2D eigenvalue weighted by atomic mass is 28.3. The first-order valence-electron chi connectivity index (χ1n) is 6.08. The zero-order valence-corrected chi connectivity index (χ0v) is 10.6. The van der Waals surface area contributed by atoms with Gasteiger partial charge in [-0.25, -0.2) is 0 Å². The van der Waals surface area contributed by atoms with Gasteiger partial charge in [0.2, 0.25) is 0 Å². The fraction of sp³-hybridized carbons (Fsp3) is 0.538. The van der Waals surface area contributed by atoms with Crippen molar-refractivity contribution in [3.05, 3.63) is 30.3 Å². The van der Waals surface area contributed by atoms with E-state index in [2.05, 4.69) is 37.3 Å². The highest BCUT2D eigenvalue weighted by molar-refractivity contribution is 6.74. The Bertz CT molecular complexity index is 280. The fourth-order valence-electron chi connectivity index (χ4n) is 2.50. The maximum atomic E-state index is 5.95. The Morgan fingerprint density at radius 2 is 2.07 bits per heavy atom. The Morgan fingerprint density at radius 3 is 2.67 bits per heavy atom. The smallest absolute Gasteiger partial charge is 0.104 e. The van der Waals surface area contributed by atoms with E-state index >= 15 is 0 Å². The molecule has 2 atom stereocenters. The van der Waals surface area contributed by atoms with Gasteiger partial charge in [-0.05, 0) is 19.3 Å². The van der Waals surface area contributed by atoms with Crippen LogP contribution in [-0.2, 0) is 4.74 Å². The molecule has 2 heteroatoms. The van der Waals surface area contributed by atoms with Gasteiger partial charge in [0.05, 0.1) is 5.73 Å². The molecule has 1 aliphatic heterocycles. The average Bonchev–Trinajstić information content (AvgIpc) is 2.33. The van der Waals surface area contributed by atoms with Crippen LogP contribution in [0.25, 0.3) is 0 Å². The van der Waals surface area contributed by atoms with Crippen LogP contribution in [0.3, 0.4) is 0 Å². The quantitative estimate of drug-likeness (QED) is 0.710. The van der Waals surface area contributed by atoms with Crippen molar-refractivity contribution in [2.24, 2.45) is 0 Å². The van der Waals surface area contributed by atoms with Gasteiger partial charge in [0.1, 0.15) is 8.80 Å². The minimum atomic E-state index is -0.875. The van der Waals surface area contributed by atoms with Crippen molar-refractivity contribution in [3.63, 3.8) is 0 Å². The van der Waals surface area contributed by atoms with E-state index in [1.54, 1.807) is 5.19 Å². The van der Waals surface area contributed by atoms with E-state index in [0.717, 1.165) is 6.61 Å². The van der Waals surface area contributed by atoms with Gasteiger partial charge in [-0.1, -0.05) is 48.5 Å². The zero-order valence-electron chi connectivity index (χ0n) is 9.49. The molecule has 1 saturated heterocycles. The maximum Gasteiger partial charge on any atom is 0.104 e. The summed E-state index contributed by atoms with van der Waals surface area (Å²) in [4.78, 5) is 0. The first kappa shape index (κ1) is 10.9. The monoisotopic (exact) mass is 220 g/mol. The van der Waals surface area contributed by atoms with E-state index in [4.69, 9.17) is 4.74 Å². The molecule has 82 valence electrons. The van der Waals surface area contributed by atoms with Crippen molar-refractivity contribution < 1.29 is 4.74 Å². The van der Waals surface area contributed by atoms with Crippen molar-refractivity contribution in [2.75, 3.05) is 6.61 Å². The standard InChI is InChI=1S/C13H20OSi/c1-2-15(12-8-4-3-5-9-12)13-10-6-7-11-14-13/h3-5,8-9,13,15H,2,6-7,10-11H2,1H3. The lowest BCUT2D eigenvalue weighted by atomic mass is 10.2. The molecule has 1 aromatic carbocycles. The van der Waals surface area contributed by atoms with E-state index in [9.17, 15) is 0 Å². The summed E-state index contributed by atoms with van der Waals surface area (Å²) < 4.78 is 5.95. The van der Waals surface area contributed by atoms with Gasteiger partial charge in [-0.2, -0.15) is 0 Å². The molecule has 0 saturated carbocycles. The van der Waals surface area contributed by atoms with E-state index < -0.39 is 8.80 Å². The molecule has 0 radical (unpaired) electrons. The van der Waals surface area contributed by atoms with E-state index in [-0.39, 0.29) is 0 Å². The predicted octanol–water partition coefficient (Wildman–Crippen LogP) is 2.25. The van der Waals surface area contributed by atoms with Gasteiger partial charge in [0.15, 0.2) is 0 Å². The molecule has 2 unspecified atom stereocenters. The summed E-state index contributed by atoms with van der Waals surface area (Å²) in [6.07, 6.45) is 3.91. The lowest BCUT2D eigenvalue weighted by Gasteiger charge is -2.29. The van der Waals surface area contributed by atoms with Crippen LogP contribution in [0.1, 0.15) is 26.2 Å². The highest BCUT2D eigenvalue weighted by Gasteiger charge is 2.25. The topological polar surface area (TPSA) is 9.23 Å². The van der Waals surface area contributed by atoms with Crippen LogP contribution >= 0.6 is 0 Å². The van der Waals surface area contributed by atoms with E-state index in [0.29, 0.717) is 5.73 Å². The SMILES string of the molecule is CC[SiH](c1ccccc1)C1CCCCO1.